The number of hydrogen-bond acceptors (Lipinski definition) is 3. The van der Waals surface area contributed by atoms with E-state index in [-0.39, 0.29) is 6.61 Å². The zero-order chi connectivity index (χ0) is 21.5. The second-order valence-electron chi connectivity index (χ2n) is 8.10. The van der Waals surface area contributed by atoms with Crippen molar-refractivity contribution in [3.8, 4) is 0 Å². The average molecular weight is 395 g/mol. The molecule has 0 aliphatic carbocycles. The Morgan fingerprint density at radius 2 is 1.56 bits per heavy atom. The molecule has 0 spiro atoms. The van der Waals surface area contributed by atoms with E-state index in [0.29, 0.717) is 23.2 Å². The molecular weight excluding hydrogens is 354 g/mol. The van der Waals surface area contributed by atoms with E-state index in [0.717, 1.165) is 5.56 Å². The molecular formula is C22H39NO3Si. The van der Waals surface area contributed by atoms with Crippen LogP contribution in [-0.4, -0.2) is 38.5 Å². The largest absolute Gasteiger partial charge is 0.450 e. The smallest absolute Gasteiger partial charge is 0.410 e. The molecule has 0 unspecified atom stereocenters. The lowest BCUT2D eigenvalue weighted by atomic mass is 10.2. The highest BCUT2D eigenvalue weighted by atomic mass is 28.4. The number of nitrogens with zero attached hydrogens (tertiary/aromatic N) is 1. The lowest BCUT2D eigenvalue weighted by molar-refractivity contribution is 0.0795. The molecule has 2 atom stereocenters. The monoisotopic (exact) mass is 394 g/mol. The standard InChI is InChI=1S/C22H39NO3Si/c1-9-25-22(24)23(16-21-13-11-10-12-14-21)15-20(8)26-27(17(2)3,18(4)5)19(6)7/h10-14,17-20H,9,15-16H2,1-8H3/t20-/m0/s1/i15D/t15-,20+/m1. The van der Waals surface area contributed by atoms with Crippen molar-refractivity contribution >= 4 is 14.4 Å². The van der Waals surface area contributed by atoms with Crippen molar-refractivity contribution in [2.24, 2.45) is 0 Å². The zero-order valence-electron chi connectivity index (χ0n) is 19.4. The van der Waals surface area contributed by atoms with Crippen molar-refractivity contribution in [3.05, 3.63) is 35.9 Å². The molecule has 0 heterocycles. The zero-order valence-corrected chi connectivity index (χ0v) is 19.4. The molecule has 0 fully saturated rings. The van der Waals surface area contributed by atoms with Crippen LogP contribution in [0.2, 0.25) is 16.6 Å². The number of amides is 1. The van der Waals surface area contributed by atoms with Crippen LogP contribution in [-0.2, 0) is 15.7 Å². The third kappa shape index (κ3) is 6.35. The fourth-order valence-electron chi connectivity index (χ4n) is 4.18. The van der Waals surface area contributed by atoms with Gasteiger partial charge in [0, 0.05) is 13.1 Å². The Kier molecular flexibility index (Phi) is 8.83. The summed E-state index contributed by atoms with van der Waals surface area (Å²) in [5, 5.41) is 0. The SMILES string of the molecule is [2H][C@H]([C@H](C)O[Si](C(C)C)(C(C)C)C(C)C)N(Cc1ccccc1)C(=O)OCC. The van der Waals surface area contributed by atoms with E-state index in [2.05, 4.69) is 41.5 Å². The van der Waals surface area contributed by atoms with E-state index in [4.69, 9.17) is 10.5 Å². The Morgan fingerprint density at radius 3 is 2.00 bits per heavy atom. The van der Waals surface area contributed by atoms with Gasteiger partial charge in [0.15, 0.2) is 0 Å². The molecule has 4 nitrogen and oxygen atoms in total. The molecule has 0 aliphatic heterocycles. The van der Waals surface area contributed by atoms with Gasteiger partial charge in [0.05, 0.1) is 14.1 Å². The predicted molar refractivity (Wildman–Crippen MR) is 115 cm³/mol. The van der Waals surface area contributed by atoms with Crippen molar-refractivity contribution in [1.29, 1.82) is 0 Å². The van der Waals surface area contributed by atoms with Gasteiger partial charge in [-0.2, -0.15) is 0 Å². The highest BCUT2D eigenvalue weighted by molar-refractivity contribution is 6.77. The Morgan fingerprint density at radius 1 is 1.04 bits per heavy atom. The number of benzene rings is 1. The summed E-state index contributed by atoms with van der Waals surface area (Å²) in [4.78, 5) is 14.1. The number of hydrogen-bond donors (Lipinski definition) is 0. The summed E-state index contributed by atoms with van der Waals surface area (Å²) < 4.78 is 20.8. The van der Waals surface area contributed by atoms with Gasteiger partial charge in [-0.05, 0) is 36.0 Å². The quantitative estimate of drug-likeness (QED) is 0.442. The van der Waals surface area contributed by atoms with E-state index in [1.807, 2.05) is 37.3 Å². The molecule has 1 aromatic carbocycles. The molecule has 27 heavy (non-hydrogen) atoms. The van der Waals surface area contributed by atoms with Gasteiger partial charge in [-0.3, -0.25) is 0 Å². The molecule has 1 rings (SSSR count). The maximum absolute atomic E-state index is 12.6. The molecule has 0 radical (unpaired) electrons. The van der Waals surface area contributed by atoms with Crippen LogP contribution >= 0.6 is 0 Å². The highest BCUT2D eigenvalue weighted by Gasteiger charge is 2.46. The van der Waals surface area contributed by atoms with E-state index in [1.54, 1.807) is 6.92 Å². The van der Waals surface area contributed by atoms with Gasteiger partial charge >= 0.3 is 6.09 Å². The summed E-state index contributed by atoms with van der Waals surface area (Å²) in [5.41, 5.74) is 2.24. The lowest BCUT2D eigenvalue weighted by Gasteiger charge is -2.44. The molecule has 1 amide bonds. The third-order valence-electron chi connectivity index (χ3n) is 5.19. The second-order valence-corrected chi connectivity index (χ2v) is 13.5. The van der Waals surface area contributed by atoms with E-state index in [1.165, 1.54) is 4.90 Å². The van der Waals surface area contributed by atoms with Crippen molar-refractivity contribution in [2.75, 3.05) is 13.1 Å². The molecule has 0 aromatic heterocycles. The minimum Gasteiger partial charge on any atom is -0.450 e. The molecule has 0 aliphatic rings. The van der Waals surface area contributed by atoms with E-state index < -0.39 is 27.0 Å². The minimum absolute atomic E-state index is 0.286. The van der Waals surface area contributed by atoms with E-state index in [9.17, 15) is 4.79 Å². The van der Waals surface area contributed by atoms with Gasteiger partial charge in [-0.15, -0.1) is 0 Å². The van der Waals surface area contributed by atoms with Gasteiger partial charge in [-0.1, -0.05) is 71.9 Å². The summed E-state index contributed by atoms with van der Waals surface area (Å²) in [6.07, 6.45) is -0.861. The number of carbonyl (C=O) groups is 1. The van der Waals surface area contributed by atoms with Crippen molar-refractivity contribution in [1.82, 2.24) is 4.90 Å². The van der Waals surface area contributed by atoms with Crippen LogP contribution in [0.3, 0.4) is 0 Å². The topological polar surface area (TPSA) is 38.8 Å². The fraction of sp³-hybridized carbons (Fsp3) is 0.682. The van der Waals surface area contributed by atoms with E-state index >= 15 is 0 Å². The van der Waals surface area contributed by atoms with Crippen molar-refractivity contribution in [3.63, 3.8) is 0 Å². The number of rotatable bonds is 10. The average Bonchev–Trinajstić information content (AvgIpc) is 2.63. The molecule has 1 aromatic rings. The Hall–Kier alpha value is -1.33. The highest BCUT2D eigenvalue weighted by Crippen LogP contribution is 2.43. The van der Waals surface area contributed by atoms with Crippen LogP contribution in [0.4, 0.5) is 4.79 Å². The number of ether oxygens (including phenoxy) is 1. The molecule has 0 N–H and O–H groups in total. The fourth-order valence-corrected chi connectivity index (χ4v) is 9.70. The van der Waals surface area contributed by atoms with Gasteiger partial charge in [0.25, 0.3) is 0 Å². The molecule has 0 bridgehead atoms. The maximum atomic E-state index is 12.6. The van der Waals surface area contributed by atoms with Gasteiger partial charge in [0.2, 0.25) is 8.32 Å². The molecule has 0 saturated heterocycles. The van der Waals surface area contributed by atoms with Crippen LogP contribution in [0.15, 0.2) is 30.3 Å². The summed E-state index contributed by atoms with van der Waals surface area (Å²) in [6, 6.07) is 9.73. The van der Waals surface area contributed by atoms with Gasteiger partial charge in [-0.25, -0.2) is 4.79 Å². The summed E-state index contributed by atoms with van der Waals surface area (Å²) >= 11 is 0. The first-order valence-electron chi connectivity index (χ1n) is 10.7. The third-order valence-corrected chi connectivity index (χ3v) is 11.4. The normalized spacial score (nSPS) is 15.0. The van der Waals surface area contributed by atoms with Crippen LogP contribution in [0.1, 0.15) is 62.3 Å². The maximum Gasteiger partial charge on any atom is 0.410 e. The first-order chi connectivity index (χ1) is 13.1. The number of carbonyl (C=O) groups excluding carboxylic acids is 1. The predicted octanol–water partition coefficient (Wildman–Crippen LogP) is 6.23. The van der Waals surface area contributed by atoms with Crippen LogP contribution in [0.5, 0.6) is 0 Å². The first-order valence-corrected chi connectivity index (χ1v) is 12.3. The van der Waals surface area contributed by atoms with Crippen molar-refractivity contribution < 1.29 is 15.3 Å². The lowest BCUT2D eigenvalue weighted by Crippen LogP contribution is -2.51. The summed E-state index contributed by atoms with van der Waals surface area (Å²) in [6.45, 7) is 16.9. The van der Waals surface area contributed by atoms with Crippen LogP contribution in [0, 0.1) is 0 Å². The van der Waals surface area contributed by atoms with Crippen molar-refractivity contribution in [2.45, 2.75) is 84.7 Å². The second kappa shape index (κ2) is 10.9. The minimum atomic E-state index is -2.14. The van der Waals surface area contributed by atoms with Crippen LogP contribution < -0.4 is 0 Å². The Bertz CT molecular complexity index is 573. The summed E-state index contributed by atoms with van der Waals surface area (Å²) in [7, 11) is -2.14. The molecule has 154 valence electrons. The Balaban J connectivity index is 3.11. The molecule has 0 saturated carbocycles. The van der Waals surface area contributed by atoms with Gasteiger partial charge < -0.3 is 14.1 Å². The van der Waals surface area contributed by atoms with Crippen LogP contribution in [0.25, 0.3) is 0 Å². The molecule has 5 heteroatoms. The van der Waals surface area contributed by atoms with Gasteiger partial charge in [0.1, 0.15) is 0 Å². The Labute approximate surface area is 168 Å². The summed E-state index contributed by atoms with van der Waals surface area (Å²) in [5.74, 6) is 0. The first kappa shape index (κ1) is 22.0.